The van der Waals surface area contributed by atoms with E-state index in [4.69, 9.17) is 5.11 Å². The van der Waals surface area contributed by atoms with Gasteiger partial charge in [0, 0.05) is 11.3 Å². The molecule has 14 heavy (non-hydrogen) atoms. The Bertz CT molecular complexity index is 336. The number of aliphatic hydroxyl groups is 1. The molecule has 3 unspecified atom stereocenters. The van der Waals surface area contributed by atoms with Gasteiger partial charge in [-0.3, -0.25) is 0 Å². The molecule has 0 spiro atoms. The van der Waals surface area contributed by atoms with Crippen molar-refractivity contribution in [2.75, 3.05) is 0 Å². The number of hydrogen-bond donors (Lipinski definition) is 1. The van der Waals surface area contributed by atoms with E-state index in [9.17, 15) is 0 Å². The van der Waals surface area contributed by atoms with Gasteiger partial charge < -0.3 is 5.11 Å². The number of fused-ring (bicyclic) bond motifs is 2. The van der Waals surface area contributed by atoms with Crippen LogP contribution in [0.15, 0.2) is 5.38 Å². The summed E-state index contributed by atoms with van der Waals surface area (Å²) >= 11 is 1.74. The van der Waals surface area contributed by atoms with E-state index >= 15 is 0 Å². The number of aliphatic hydroxyl groups excluding tert-OH is 1. The average Bonchev–Trinajstić information content (AvgIpc) is 2.93. The number of rotatable bonds is 2. The Kier molecular flexibility index (Phi) is 2.10. The van der Waals surface area contributed by atoms with Crippen LogP contribution in [0, 0.1) is 11.8 Å². The van der Waals surface area contributed by atoms with Crippen LogP contribution >= 0.6 is 11.3 Å². The molecule has 1 aromatic rings. The van der Waals surface area contributed by atoms with Gasteiger partial charge in [0.25, 0.3) is 0 Å². The predicted molar refractivity (Wildman–Crippen MR) is 56.2 cm³/mol. The Morgan fingerprint density at radius 2 is 2.36 bits per heavy atom. The molecule has 0 aromatic carbocycles. The van der Waals surface area contributed by atoms with Crippen molar-refractivity contribution >= 4 is 11.3 Å². The summed E-state index contributed by atoms with van der Waals surface area (Å²) < 4.78 is 0. The second-order valence-electron chi connectivity index (χ2n) is 4.62. The molecule has 2 fully saturated rings. The standard InChI is InChI=1S/C11H15NOS/c13-5-9-6-14-11(12-9)10-4-7-1-2-8(10)3-7/h6-8,10,13H,1-5H2. The average molecular weight is 209 g/mol. The fourth-order valence-electron chi connectivity index (χ4n) is 3.11. The Balaban J connectivity index is 1.82. The van der Waals surface area contributed by atoms with E-state index in [-0.39, 0.29) is 6.61 Å². The van der Waals surface area contributed by atoms with Crippen LogP contribution in [0.2, 0.25) is 0 Å². The highest BCUT2D eigenvalue weighted by Gasteiger charge is 2.41. The lowest BCUT2D eigenvalue weighted by molar-refractivity contribution is 0.277. The molecule has 2 aliphatic rings. The Labute approximate surface area is 88.0 Å². The van der Waals surface area contributed by atoms with Gasteiger partial charge in [0.05, 0.1) is 17.3 Å². The number of thiazole rings is 1. The molecular formula is C11H15NOS. The number of nitrogens with zero attached hydrogens (tertiary/aromatic N) is 1. The smallest absolute Gasteiger partial charge is 0.0963 e. The van der Waals surface area contributed by atoms with Gasteiger partial charge in [-0.25, -0.2) is 4.98 Å². The molecule has 2 bridgehead atoms. The van der Waals surface area contributed by atoms with E-state index in [1.807, 2.05) is 5.38 Å². The minimum absolute atomic E-state index is 0.0946. The van der Waals surface area contributed by atoms with Crippen molar-refractivity contribution in [2.24, 2.45) is 11.8 Å². The second kappa shape index (κ2) is 3.31. The lowest BCUT2D eigenvalue weighted by Crippen LogP contribution is -2.08. The molecule has 3 atom stereocenters. The molecular weight excluding hydrogens is 194 g/mol. The lowest BCUT2D eigenvalue weighted by Gasteiger charge is -2.18. The first-order chi connectivity index (χ1) is 6.86. The zero-order chi connectivity index (χ0) is 9.54. The van der Waals surface area contributed by atoms with Crippen molar-refractivity contribution in [1.29, 1.82) is 0 Å². The summed E-state index contributed by atoms with van der Waals surface area (Å²) in [5.41, 5.74) is 0.854. The monoisotopic (exact) mass is 209 g/mol. The Morgan fingerprint density at radius 1 is 1.43 bits per heavy atom. The van der Waals surface area contributed by atoms with Gasteiger partial charge in [0.1, 0.15) is 0 Å². The minimum Gasteiger partial charge on any atom is -0.390 e. The summed E-state index contributed by atoms with van der Waals surface area (Å²) in [5, 5.41) is 12.3. The molecule has 1 aromatic heterocycles. The SMILES string of the molecule is OCc1csc(C2CC3CCC2C3)n1. The van der Waals surface area contributed by atoms with Crippen LogP contribution in [-0.4, -0.2) is 10.1 Å². The first-order valence-corrected chi connectivity index (χ1v) is 6.30. The molecule has 2 nitrogen and oxygen atoms in total. The fourth-order valence-corrected chi connectivity index (χ4v) is 4.13. The molecule has 2 saturated carbocycles. The van der Waals surface area contributed by atoms with Crippen molar-refractivity contribution in [3.63, 3.8) is 0 Å². The van der Waals surface area contributed by atoms with Gasteiger partial charge in [-0.1, -0.05) is 6.42 Å². The quantitative estimate of drug-likeness (QED) is 0.812. The van der Waals surface area contributed by atoms with Gasteiger partial charge in [-0.15, -0.1) is 11.3 Å². The molecule has 1 heterocycles. The van der Waals surface area contributed by atoms with Gasteiger partial charge in [0.2, 0.25) is 0 Å². The molecule has 0 radical (unpaired) electrons. The van der Waals surface area contributed by atoms with Crippen LogP contribution in [-0.2, 0) is 6.61 Å². The zero-order valence-corrected chi connectivity index (χ0v) is 8.96. The van der Waals surface area contributed by atoms with E-state index in [0.717, 1.165) is 23.4 Å². The third-order valence-electron chi connectivity index (χ3n) is 3.79. The summed E-state index contributed by atoms with van der Waals surface area (Å²) in [6, 6.07) is 0. The summed E-state index contributed by atoms with van der Waals surface area (Å²) in [7, 11) is 0. The fraction of sp³-hybridized carbons (Fsp3) is 0.727. The Hall–Kier alpha value is -0.410. The maximum absolute atomic E-state index is 8.97. The lowest BCUT2D eigenvalue weighted by atomic mass is 9.89. The minimum atomic E-state index is 0.0946. The van der Waals surface area contributed by atoms with Crippen molar-refractivity contribution < 1.29 is 5.11 Å². The van der Waals surface area contributed by atoms with Crippen molar-refractivity contribution in [3.05, 3.63) is 16.1 Å². The number of aromatic nitrogens is 1. The second-order valence-corrected chi connectivity index (χ2v) is 5.51. The van der Waals surface area contributed by atoms with E-state index in [1.165, 1.54) is 30.7 Å². The van der Waals surface area contributed by atoms with Crippen LogP contribution in [0.25, 0.3) is 0 Å². The topological polar surface area (TPSA) is 33.1 Å². The van der Waals surface area contributed by atoms with Crippen LogP contribution in [0.5, 0.6) is 0 Å². The third-order valence-corrected chi connectivity index (χ3v) is 4.81. The van der Waals surface area contributed by atoms with Gasteiger partial charge in [0.15, 0.2) is 0 Å². The molecule has 2 aliphatic carbocycles. The van der Waals surface area contributed by atoms with Crippen molar-refractivity contribution in [1.82, 2.24) is 4.98 Å². The normalized spacial score (nSPS) is 35.4. The third kappa shape index (κ3) is 1.30. The largest absolute Gasteiger partial charge is 0.390 e. The molecule has 3 heteroatoms. The molecule has 76 valence electrons. The van der Waals surface area contributed by atoms with E-state index < -0.39 is 0 Å². The van der Waals surface area contributed by atoms with E-state index in [1.54, 1.807) is 11.3 Å². The molecule has 1 N–H and O–H groups in total. The van der Waals surface area contributed by atoms with Crippen molar-refractivity contribution in [2.45, 2.75) is 38.2 Å². The summed E-state index contributed by atoms with van der Waals surface area (Å²) in [6.07, 6.45) is 5.63. The highest BCUT2D eigenvalue weighted by Crippen LogP contribution is 2.53. The number of hydrogen-bond acceptors (Lipinski definition) is 3. The van der Waals surface area contributed by atoms with E-state index in [2.05, 4.69) is 4.98 Å². The predicted octanol–water partition coefficient (Wildman–Crippen LogP) is 2.54. The highest BCUT2D eigenvalue weighted by atomic mass is 32.1. The first-order valence-electron chi connectivity index (χ1n) is 5.42. The first kappa shape index (κ1) is 8.86. The van der Waals surface area contributed by atoms with Gasteiger partial charge in [-0.2, -0.15) is 0 Å². The molecule has 3 rings (SSSR count). The zero-order valence-electron chi connectivity index (χ0n) is 8.15. The summed E-state index contributed by atoms with van der Waals surface area (Å²) in [6.45, 7) is 0.0946. The maximum Gasteiger partial charge on any atom is 0.0963 e. The van der Waals surface area contributed by atoms with Crippen LogP contribution in [0.3, 0.4) is 0 Å². The van der Waals surface area contributed by atoms with Crippen molar-refractivity contribution in [3.8, 4) is 0 Å². The van der Waals surface area contributed by atoms with Gasteiger partial charge in [-0.05, 0) is 31.1 Å². The van der Waals surface area contributed by atoms with Gasteiger partial charge >= 0.3 is 0 Å². The molecule has 0 aliphatic heterocycles. The van der Waals surface area contributed by atoms with Crippen LogP contribution in [0.1, 0.15) is 42.3 Å². The van der Waals surface area contributed by atoms with Crippen LogP contribution < -0.4 is 0 Å². The molecule has 0 amide bonds. The summed E-state index contributed by atoms with van der Waals surface area (Å²) in [4.78, 5) is 4.50. The molecule has 0 saturated heterocycles. The Morgan fingerprint density at radius 3 is 2.93 bits per heavy atom. The highest BCUT2D eigenvalue weighted by molar-refractivity contribution is 7.09. The van der Waals surface area contributed by atoms with E-state index in [0.29, 0.717) is 0 Å². The van der Waals surface area contributed by atoms with Crippen LogP contribution in [0.4, 0.5) is 0 Å². The maximum atomic E-state index is 8.97. The summed E-state index contributed by atoms with van der Waals surface area (Å²) in [5.74, 6) is 2.60.